The van der Waals surface area contributed by atoms with Crippen molar-refractivity contribution >= 4 is 28.4 Å². The maximum absolute atomic E-state index is 13.3. The number of benzene rings is 3. The van der Waals surface area contributed by atoms with Crippen LogP contribution in [0, 0.1) is 11.3 Å². The van der Waals surface area contributed by atoms with Gasteiger partial charge in [-0.05, 0) is 62.2 Å². The molecule has 4 aromatic rings. The molecule has 3 fully saturated rings. The summed E-state index contributed by atoms with van der Waals surface area (Å²) in [5, 5.41) is 12.1. The van der Waals surface area contributed by atoms with E-state index >= 15 is 0 Å². The fraction of sp³-hybridized carbons (Fsp3) is 0.450. The van der Waals surface area contributed by atoms with Crippen LogP contribution in [-0.2, 0) is 24.3 Å². The van der Waals surface area contributed by atoms with Crippen molar-refractivity contribution in [3.63, 3.8) is 0 Å². The first-order chi connectivity index (χ1) is 25.0. The van der Waals surface area contributed by atoms with Gasteiger partial charge in [-0.2, -0.15) is 15.2 Å². The Morgan fingerprint density at radius 3 is 2.55 bits per heavy atom. The van der Waals surface area contributed by atoms with Gasteiger partial charge in [-0.3, -0.25) is 4.90 Å². The van der Waals surface area contributed by atoms with Crippen molar-refractivity contribution < 1.29 is 19.0 Å². The maximum Gasteiger partial charge on any atom is 0.410 e. The monoisotopic (exact) mass is 687 g/mol. The molecule has 3 aromatic carbocycles. The summed E-state index contributed by atoms with van der Waals surface area (Å²) in [6, 6.07) is 24.6. The molecule has 1 saturated carbocycles. The second-order valence-electron chi connectivity index (χ2n) is 14.2. The van der Waals surface area contributed by atoms with Crippen LogP contribution in [0.3, 0.4) is 0 Å². The van der Waals surface area contributed by atoms with Gasteiger partial charge in [0.2, 0.25) is 0 Å². The van der Waals surface area contributed by atoms with Crippen LogP contribution in [0.4, 0.5) is 16.3 Å². The lowest BCUT2D eigenvalue weighted by Crippen LogP contribution is -2.55. The van der Waals surface area contributed by atoms with E-state index in [1.165, 1.54) is 18.2 Å². The molecule has 0 N–H and O–H groups in total. The summed E-state index contributed by atoms with van der Waals surface area (Å²) in [5.74, 6) is 1.67. The molecule has 1 aromatic heterocycles. The van der Waals surface area contributed by atoms with E-state index in [1.54, 1.807) is 12.0 Å². The van der Waals surface area contributed by atoms with Crippen LogP contribution in [0.2, 0.25) is 0 Å². The van der Waals surface area contributed by atoms with Gasteiger partial charge in [0.25, 0.3) is 0 Å². The van der Waals surface area contributed by atoms with E-state index in [-0.39, 0.29) is 24.6 Å². The molecule has 1 atom stereocenters. The lowest BCUT2D eigenvalue weighted by molar-refractivity contribution is 0.0767. The molecule has 1 aliphatic carbocycles. The summed E-state index contributed by atoms with van der Waals surface area (Å²) in [6.45, 7) is 5.87. The van der Waals surface area contributed by atoms with Gasteiger partial charge in [0.05, 0.1) is 43.4 Å². The van der Waals surface area contributed by atoms with Crippen LogP contribution < -0.4 is 19.3 Å². The number of hydrogen-bond donors (Lipinski definition) is 0. The third-order valence-corrected chi connectivity index (χ3v) is 11.0. The van der Waals surface area contributed by atoms with Crippen molar-refractivity contribution in [2.45, 2.75) is 63.3 Å². The number of fused-ring (bicyclic) bond motifs is 2. The van der Waals surface area contributed by atoms with Crippen LogP contribution in [0.1, 0.15) is 48.9 Å². The number of methoxy groups -OCH3 is 1. The Bertz CT molecular complexity index is 1920. The minimum atomic E-state index is -0.398. The molecule has 4 aliphatic rings. The second kappa shape index (κ2) is 14.3. The average molecular weight is 688 g/mol. The Kier molecular flexibility index (Phi) is 9.26. The smallest absolute Gasteiger partial charge is 0.410 e. The number of ether oxygens (including phenoxy) is 3. The highest BCUT2D eigenvalue weighted by Crippen LogP contribution is 2.44. The van der Waals surface area contributed by atoms with Crippen molar-refractivity contribution in [1.82, 2.24) is 19.8 Å². The molecule has 11 heteroatoms. The van der Waals surface area contributed by atoms with Crippen LogP contribution in [-0.4, -0.2) is 90.4 Å². The number of rotatable bonds is 10. The SMILES string of the molecule is COc1cc(N2CCc3c(nc(OCC4(N5CCCC5)CC4)nc3N3CCN(C(=O)OCc4ccccc4)[C@@H](CC#N)C3)C2)c2ccccc2c1. The fourth-order valence-corrected chi connectivity index (χ4v) is 8.02. The summed E-state index contributed by atoms with van der Waals surface area (Å²) in [4.78, 5) is 32.4. The van der Waals surface area contributed by atoms with E-state index in [9.17, 15) is 10.1 Å². The number of carbonyl (C=O) groups is 1. The molecule has 0 unspecified atom stereocenters. The first-order valence-electron chi connectivity index (χ1n) is 18.2. The molecule has 2 saturated heterocycles. The Balaban J connectivity index is 1.07. The minimum Gasteiger partial charge on any atom is -0.497 e. The highest BCUT2D eigenvalue weighted by molar-refractivity contribution is 5.95. The van der Waals surface area contributed by atoms with Crippen molar-refractivity contribution in [3.8, 4) is 17.8 Å². The summed E-state index contributed by atoms with van der Waals surface area (Å²) in [6.07, 6.45) is 5.31. The Morgan fingerprint density at radius 2 is 1.76 bits per heavy atom. The lowest BCUT2D eigenvalue weighted by atomic mass is 10.0. The summed E-state index contributed by atoms with van der Waals surface area (Å²) in [5.41, 5.74) is 4.17. The van der Waals surface area contributed by atoms with Crippen molar-refractivity contribution in [2.75, 3.05) is 62.8 Å². The van der Waals surface area contributed by atoms with Gasteiger partial charge < -0.3 is 28.9 Å². The van der Waals surface area contributed by atoms with E-state index < -0.39 is 6.09 Å². The van der Waals surface area contributed by atoms with Gasteiger partial charge in [-0.25, -0.2) is 4.79 Å². The molecule has 0 bridgehead atoms. The molecule has 1 amide bonds. The predicted molar refractivity (Wildman–Crippen MR) is 195 cm³/mol. The second-order valence-corrected chi connectivity index (χ2v) is 14.2. The molecule has 3 aliphatic heterocycles. The topological polar surface area (TPSA) is 107 Å². The molecule has 264 valence electrons. The minimum absolute atomic E-state index is 0.0884. The van der Waals surface area contributed by atoms with E-state index in [1.807, 2.05) is 30.3 Å². The van der Waals surface area contributed by atoms with E-state index in [2.05, 4.69) is 57.2 Å². The predicted octanol–water partition coefficient (Wildman–Crippen LogP) is 5.95. The summed E-state index contributed by atoms with van der Waals surface area (Å²) < 4.78 is 17.9. The average Bonchev–Trinajstić information content (AvgIpc) is 3.76. The third kappa shape index (κ3) is 6.85. The highest BCUT2D eigenvalue weighted by atomic mass is 16.6. The lowest BCUT2D eigenvalue weighted by Gasteiger charge is -2.42. The first kappa shape index (κ1) is 33.1. The van der Waals surface area contributed by atoms with Crippen LogP contribution >= 0.6 is 0 Å². The van der Waals surface area contributed by atoms with Crippen molar-refractivity contribution in [3.05, 3.63) is 83.6 Å². The Hall–Kier alpha value is -5.08. The molecule has 0 radical (unpaired) electrons. The fourth-order valence-electron chi connectivity index (χ4n) is 8.02. The van der Waals surface area contributed by atoms with Crippen molar-refractivity contribution in [1.29, 1.82) is 5.26 Å². The van der Waals surface area contributed by atoms with Crippen LogP contribution in [0.15, 0.2) is 66.7 Å². The summed E-state index contributed by atoms with van der Waals surface area (Å²) >= 11 is 0. The normalized spacial score (nSPS) is 19.8. The first-order valence-corrected chi connectivity index (χ1v) is 18.2. The van der Waals surface area contributed by atoms with Gasteiger partial charge in [-0.1, -0.05) is 54.6 Å². The number of amides is 1. The van der Waals surface area contributed by atoms with E-state index in [0.717, 1.165) is 78.4 Å². The zero-order valence-corrected chi connectivity index (χ0v) is 29.3. The molecular weight excluding hydrogens is 642 g/mol. The zero-order valence-electron chi connectivity index (χ0n) is 29.3. The highest BCUT2D eigenvalue weighted by Gasteiger charge is 2.49. The van der Waals surface area contributed by atoms with Gasteiger partial charge in [0.15, 0.2) is 0 Å². The van der Waals surface area contributed by atoms with Gasteiger partial charge >= 0.3 is 12.1 Å². The maximum atomic E-state index is 13.3. The van der Waals surface area contributed by atoms with Crippen molar-refractivity contribution in [2.24, 2.45) is 0 Å². The zero-order chi connectivity index (χ0) is 34.8. The number of likely N-dealkylation sites (tertiary alicyclic amines) is 1. The Morgan fingerprint density at radius 1 is 0.961 bits per heavy atom. The third-order valence-electron chi connectivity index (χ3n) is 11.0. The number of nitrogens with zero attached hydrogens (tertiary/aromatic N) is 7. The number of nitriles is 1. The largest absolute Gasteiger partial charge is 0.497 e. The molecular formula is C40H45N7O4. The van der Waals surface area contributed by atoms with Crippen LogP contribution in [0.5, 0.6) is 11.8 Å². The molecule has 51 heavy (non-hydrogen) atoms. The van der Waals surface area contributed by atoms with E-state index in [0.29, 0.717) is 38.8 Å². The number of hydrogen-bond acceptors (Lipinski definition) is 10. The van der Waals surface area contributed by atoms with Gasteiger partial charge in [0.1, 0.15) is 24.8 Å². The number of anilines is 2. The molecule has 0 spiro atoms. The Labute approximate surface area is 299 Å². The van der Waals surface area contributed by atoms with Crippen LogP contribution in [0.25, 0.3) is 10.8 Å². The molecule has 11 nitrogen and oxygen atoms in total. The van der Waals surface area contributed by atoms with Gasteiger partial charge in [-0.15, -0.1) is 0 Å². The quantitative estimate of drug-likeness (QED) is 0.199. The number of carbonyl (C=O) groups excluding carboxylic acids is 1. The number of aromatic nitrogens is 2. The molecule has 8 rings (SSSR count). The standard InChI is InChI=1S/C40H45N7O4/c1-49-32-23-30-11-5-6-12-33(30)36(24-32)44-20-14-34-35(26-44)42-38(51-28-40(15-16-40)46-18-7-8-19-46)43-37(34)45-21-22-47(31(25-45)13-17-41)39(48)50-27-29-9-3-2-4-10-29/h2-6,9-12,23-24,31H,7-8,13-16,18-22,25-28H2,1H3/t31-/m0/s1. The van der Waals surface area contributed by atoms with E-state index in [4.69, 9.17) is 24.2 Å². The molecule has 4 heterocycles. The number of piperazine rings is 1. The summed E-state index contributed by atoms with van der Waals surface area (Å²) in [7, 11) is 1.71. The van der Waals surface area contributed by atoms with Gasteiger partial charge in [0, 0.05) is 48.9 Å².